The molecule has 1 heterocycles. The average molecular weight is 219 g/mol. The Morgan fingerprint density at radius 3 is 2.31 bits per heavy atom. The van der Waals surface area contributed by atoms with Gasteiger partial charge in [0.25, 0.3) is 0 Å². The number of aryl methyl sites for hydroxylation is 2. The van der Waals surface area contributed by atoms with E-state index in [1.54, 1.807) is 7.11 Å². The predicted octanol–water partition coefficient (Wildman–Crippen LogP) is 2.98. The van der Waals surface area contributed by atoms with Gasteiger partial charge in [-0.2, -0.15) is 0 Å². The van der Waals surface area contributed by atoms with Crippen molar-refractivity contribution in [3.63, 3.8) is 0 Å². The maximum atomic E-state index is 5.39. The van der Waals surface area contributed by atoms with Crippen LogP contribution in [0, 0.1) is 19.8 Å². The molecule has 1 aromatic rings. The van der Waals surface area contributed by atoms with Crippen LogP contribution in [0.1, 0.15) is 36.1 Å². The van der Waals surface area contributed by atoms with Crippen molar-refractivity contribution in [3.8, 4) is 5.75 Å². The van der Waals surface area contributed by atoms with Crippen molar-refractivity contribution in [1.82, 2.24) is 5.32 Å². The molecule has 0 aliphatic carbocycles. The quantitative estimate of drug-likeness (QED) is 0.825. The lowest BCUT2D eigenvalue weighted by atomic mass is 9.97. The smallest absolute Gasteiger partial charge is 0.124 e. The zero-order chi connectivity index (χ0) is 11.7. The van der Waals surface area contributed by atoms with Crippen LogP contribution < -0.4 is 10.1 Å². The number of nitrogens with one attached hydrogen (secondary N) is 1. The fourth-order valence-corrected chi connectivity index (χ4v) is 2.67. The molecule has 1 saturated heterocycles. The summed E-state index contributed by atoms with van der Waals surface area (Å²) in [6, 6.07) is 5.03. The van der Waals surface area contributed by atoms with Gasteiger partial charge in [-0.05, 0) is 49.4 Å². The van der Waals surface area contributed by atoms with Gasteiger partial charge in [0.15, 0.2) is 0 Å². The maximum Gasteiger partial charge on any atom is 0.124 e. The van der Waals surface area contributed by atoms with Crippen LogP contribution in [0.15, 0.2) is 12.1 Å². The van der Waals surface area contributed by atoms with Gasteiger partial charge < -0.3 is 10.1 Å². The van der Waals surface area contributed by atoms with Crippen LogP contribution in [0.2, 0.25) is 0 Å². The minimum absolute atomic E-state index is 0.526. The first-order valence-corrected chi connectivity index (χ1v) is 6.00. The molecule has 1 aliphatic heterocycles. The van der Waals surface area contributed by atoms with Gasteiger partial charge in [-0.15, -0.1) is 0 Å². The zero-order valence-electron chi connectivity index (χ0n) is 10.6. The summed E-state index contributed by atoms with van der Waals surface area (Å²) in [4.78, 5) is 0. The maximum absolute atomic E-state index is 5.39. The van der Waals surface area contributed by atoms with E-state index in [1.165, 1.54) is 23.1 Å². The van der Waals surface area contributed by atoms with Gasteiger partial charge in [-0.1, -0.05) is 19.1 Å². The topological polar surface area (TPSA) is 21.3 Å². The molecule has 1 N–H and O–H groups in total. The number of benzene rings is 1. The van der Waals surface area contributed by atoms with Crippen LogP contribution in [-0.4, -0.2) is 13.7 Å². The van der Waals surface area contributed by atoms with Crippen LogP contribution in [0.4, 0.5) is 0 Å². The average Bonchev–Trinajstić information content (AvgIpc) is 2.64. The lowest BCUT2D eigenvalue weighted by Crippen LogP contribution is -2.13. The minimum atomic E-state index is 0.526. The van der Waals surface area contributed by atoms with E-state index in [9.17, 15) is 0 Å². The van der Waals surface area contributed by atoms with Crippen molar-refractivity contribution >= 4 is 0 Å². The van der Waals surface area contributed by atoms with Crippen molar-refractivity contribution in [2.75, 3.05) is 13.7 Å². The molecular formula is C14H21NO. The lowest BCUT2D eigenvalue weighted by molar-refractivity contribution is 0.408. The van der Waals surface area contributed by atoms with Gasteiger partial charge >= 0.3 is 0 Å². The van der Waals surface area contributed by atoms with E-state index in [4.69, 9.17) is 4.74 Å². The molecule has 2 atom stereocenters. The van der Waals surface area contributed by atoms with E-state index in [-0.39, 0.29) is 0 Å². The molecule has 0 unspecified atom stereocenters. The normalized spacial score (nSPS) is 24.8. The summed E-state index contributed by atoms with van der Waals surface area (Å²) < 4.78 is 5.39. The molecule has 88 valence electrons. The molecule has 16 heavy (non-hydrogen) atoms. The molecule has 2 nitrogen and oxygen atoms in total. The Labute approximate surface area is 98.0 Å². The molecule has 1 aromatic carbocycles. The van der Waals surface area contributed by atoms with Crippen LogP contribution >= 0.6 is 0 Å². The van der Waals surface area contributed by atoms with Crippen molar-refractivity contribution < 1.29 is 4.74 Å². The van der Waals surface area contributed by atoms with Crippen molar-refractivity contribution in [2.24, 2.45) is 5.92 Å². The second-order valence-corrected chi connectivity index (χ2v) is 4.99. The highest BCUT2D eigenvalue weighted by Gasteiger charge is 2.22. The van der Waals surface area contributed by atoms with Crippen molar-refractivity contribution in [1.29, 1.82) is 0 Å². The zero-order valence-corrected chi connectivity index (χ0v) is 10.6. The van der Waals surface area contributed by atoms with Gasteiger partial charge in [-0.3, -0.25) is 0 Å². The summed E-state index contributed by atoms with van der Waals surface area (Å²) in [5, 5.41) is 3.57. The predicted molar refractivity (Wildman–Crippen MR) is 67.0 cm³/mol. The van der Waals surface area contributed by atoms with E-state index in [0.717, 1.165) is 18.2 Å². The molecule has 0 saturated carbocycles. The minimum Gasteiger partial charge on any atom is -0.496 e. The summed E-state index contributed by atoms with van der Waals surface area (Å²) >= 11 is 0. The Kier molecular flexibility index (Phi) is 3.20. The standard InChI is InChI=1S/C14H21NO/c1-9-5-13(15-8-9)12-6-10(2)14(16-4)11(3)7-12/h6-7,9,13,15H,5,8H2,1-4H3/t9-,13+/m1/s1. The molecular weight excluding hydrogens is 198 g/mol. The summed E-state index contributed by atoms with van der Waals surface area (Å²) in [6.45, 7) is 7.67. The molecule has 1 fully saturated rings. The Bertz CT molecular complexity index is 363. The highest BCUT2D eigenvalue weighted by atomic mass is 16.5. The van der Waals surface area contributed by atoms with Crippen LogP contribution in [0.25, 0.3) is 0 Å². The Balaban J connectivity index is 2.29. The SMILES string of the molecule is COc1c(C)cc([C@@H]2C[C@@H](C)CN2)cc1C. The van der Waals surface area contributed by atoms with Crippen LogP contribution in [-0.2, 0) is 0 Å². The third-order valence-electron chi connectivity index (χ3n) is 3.44. The highest BCUT2D eigenvalue weighted by molar-refractivity contribution is 5.44. The second kappa shape index (κ2) is 4.46. The molecule has 0 bridgehead atoms. The third-order valence-corrected chi connectivity index (χ3v) is 3.44. The molecule has 0 radical (unpaired) electrons. The summed E-state index contributed by atoms with van der Waals surface area (Å²) in [7, 11) is 1.74. The first-order valence-electron chi connectivity index (χ1n) is 6.00. The molecule has 1 aliphatic rings. The summed E-state index contributed by atoms with van der Waals surface area (Å²) in [5.41, 5.74) is 3.87. The Hall–Kier alpha value is -1.02. The Morgan fingerprint density at radius 2 is 1.88 bits per heavy atom. The largest absolute Gasteiger partial charge is 0.496 e. The number of ether oxygens (including phenoxy) is 1. The van der Waals surface area contributed by atoms with Gasteiger partial charge in [0.2, 0.25) is 0 Å². The van der Waals surface area contributed by atoms with E-state index in [2.05, 4.69) is 38.2 Å². The van der Waals surface area contributed by atoms with Gasteiger partial charge in [0.05, 0.1) is 7.11 Å². The van der Waals surface area contributed by atoms with Crippen molar-refractivity contribution in [2.45, 2.75) is 33.2 Å². The monoisotopic (exact) mass is 219 g/mol. The van der Waals surface area contributed by atoms with Crippen molar-refractivity contribution in [3.05, 3.63) is 28.8 Å². The first kappa shape index (κ1) is 11.5. The van der Waals surface area contributed by atoms with E-state index in [1.807, 2.05) is 0 Å². The molecule has 2 rings (SSSR count). The van der Waals surface area contributed by atoms with E-state index >= 15 is 0 Å². The van der Waals surface area contributed by atoms with Crippen LogP contribution in [0.3, 0.4) is 0 Å². The van der Waals surface area contributed by atoms with E-state index < -0.39 is 0 Å². The number of hydrogen-bond donors (Lipinski definition) is 1. The fraction of sp³-hybridized carbons (Fsp3) is 0.571. The van der Waals surface area contributed by atoms with Gasteiger partial charge in [0.1, 0.15) is 5.75 Å². The van der Waals surface area contributed by atoms with Gasteiger partial charge in [-0.25, -0.2) is 0 Å². The number of methoxy groups -OCH3 is 1. The third kappa shape index (κ3) is 2.07. The molecule has 0 amide bonds. The highest BCUT2D eigenvalue weighted by Crippen LogP contribution is 2.32. The summed E-state index contributed by atoms with van der Waals surface area (Å²) in [5.74, 6) is 1.81. The van der Waals surface area contributed by atoms with Crippen LogP contribution in [0.5, 0.6) is 5.75 Å². The van der Waals surface area contributed by atoms with E-state index in [0.29, 0.717) is 6.04 Å². The van der Waals surface area contributed by atoms with Gasteiger partial charge in [0, 0.05) is 6.04 Å². The molecule has 2 heteroatoms. The number of hydrogen-bond acceptors (Lipinski definition) is 2. The number of rotatable bonds is 2. The molecule has 0 spiro atoms. The Morgan fingerprint density at radius 1 is 1.25 bits per heavy atom. The first-order chi connectivity index (χ1) is 7.61. The molecule has 0 aromatic heterocycles. The fourth-order valence-electron chi connectivity index (χ4n) is 2.67. The summed E-state index contributed by atoms with van der Waals surface area (Å²) in [6.07, 6.45) is 1.24. The second-order valence-electron chi connectivity index (χ2n) is 4.99. The lowest BCUT2D eigenvalue weighted by Gasteiger charge is -2.15.